The average Bonchev–Trinajstić information content (AvgIpc) is 2.83. The van der Waals surface area contributed by atoms with Crippen LogP contribution in [0.4, 0.5) is 0 Å². The number of methoxy groups -OCH3 is 1. The number of hydrogen-bond donors (Lipinski definition) is 0. The van der Waals surface area contributed by atoms with Crippen LogP contribution >= 0.6 is 0 Å². The van der Waals surface area contributed by atoms with Crippen LogP contribution < -0.4 is 9.92 Å². The SMILES string of the molecule is COc1ccccc1[Si](C)(C)C1C(C)=Cc2ccccc21. The third-order valence-corrected chi connectivity index (χ3v) is 8.68. The summed E-state index contributed by atoms with van der Waals surface area (Å²) >= 11 is 0. The van der Waals surface area contributed by atoms with Gasteiger partial charge in [0, 0.05) is 5.54 Å². The van der Waals surface area contributed by atoms with Crippen molar-refractivity contribution in [1.29, 1.82) is 0 Å². The number of benzene rings is 2. The zero-order chi connectivity index (χ0) is 15.0. The maximum Gasteiger partial charge on any atom is 0.118 e. The summed E-state index contributed by atoms with van der Waals surface area (Å²) in [6.07, 6.45) is 2.35. The van der Waals surface area contributed by atoms with Crippen molar-refractivity contribution < 1.29 is 4.74 Å². The molecule has 2 aromatic carbocycles. The van der Waals surface area contributed by atoms with Crippen LogP contribution in [0, 0.1) is 0 Å². The number of rotatable bonds is 3. The van der Waals surface area contributed by atoms with Crippen LogP contribution in [-0.2, 0) is 0 Å². The van der Waals surface area contributed by atoms with Crippen LogP contribution in [0.15, 0.2) is 54.1 Å². The van der Waals surface area contributed by atoms with Crippen LogP contribution in [0.2, 0.25) is 13.1 Å². The second-order valence-corrected chi connectivity index (χ2v) is 10.9. The molecular formula is C19H22OSi. The third kappa shape index (κ3) is 2.24. The summed E-state index contributed by atoms with van der Waals surface area (Å²) in [4.78, 5) is 0. The summed E-state index contributed by atoms with van der Waals surface area (Å²) < 4.78 is 5.63. The fraction of sp³-hybridized carbons (Fsp3) is 0.263. The third-order valence-electron chi connectivity index (χ3n) is 4.67. The Morgan fingerprint density at radius 3 is 2.38 bits per heavy atom. The topological polar surface area (TPSA) is 9.23 Å². The van der Waals surface area contributed by atoms with E-state index in [1.54, 1.807) is 7.11 Å². The summed E-state index contributed by atoms with van der Waals surface area (Å²) in [5.74, 6) is 1.03. The molecule has 0 spiro atoms. The Morgan fingerprint density at radius 1 is 0.952 bits per heavy atom. The summed E-state index contributed by atoms with van der Waals surface area (Å²) in [6, 6.07) is 17.3. The van der Waals surface area contributed by atoms with E-state index in [1.165, 1.54) is 21.9 Å². The van der Waals surface area contributed by atoms with Gasteiger partial charge in [0.25, 0.3) is 0 Å². The lowest BCUT2D eigenvalue weighted by molar-refractivity contribution is 0.418. The molecule has 1 aliphatic carbocycles. The summed E-state index contributed by atoms with van der Waals surface area (Å²) in [6.45, 7) is 7.18. The summed E-state index contributed by atoms with van der Waals surface area (Å²) in [5, 5.41) is 1.40. The molecular weight excluding hydrogens is 272 g/mol. The van der Waals surface area contributed by atoms with E-state index in [4.69, 9.17) is 4.74 Å². The van der Waals surface area contributed by atoms with Crippen molar-refractivity contribution in [2.45, 2.75) is 25.6 Å². The van der Waals surface area contributed by atoms with Gasteiger partial charge in [-0.25, -0.2) is 0 Å². The first-order valence-corrected chi connectivity index (χ1v) is 10.5. The minimum absolute atomic E-state index is 0.532. The quantitative estimate of drug-likeness (QED) is 0.765. The van der Waals surface area contributed by atoms with Crippen molar-refractivity contribution >= 4 is 19.3 Å². The van der Waals surface area contributed by atoms with Gasteiger partial charge in [0.1, 0.15) is 5.75 Å². The lowest BCUT2D eigenvalue weighted by atomic mass is 10.1. The highest BCUT2D eigenvalue weighted by molar-refractivity contribution is 6.92. The highest BCUT2D eigenvalue weighted by Crippen LogP contribution is 2.42. The second kappa shape index (κ2) is 5.19. The van der Waals surface area contributed by atoms with Crippen molar-refractivity contribution in [2.75, 3.05) is 7.11 Å². The van der Waals surface area contributed by atoms with Gasteiger partial charge in [0.05, 0.1) is 15.2 Å². The molecule has 0 fully saturated rings. The maximum absolute atomic E-state index is 5.63. The molecule has 0 aliphatic heterocycles. The second-order valence-electron chi connectivity index (χ2n) is 6.37. The van der Waals surface area contributed by atoms with Crippen LogP contribution in [0.3, 0.4) is 0 Å². The first-order chi connectivity index (χ1) is 10.1. The first-order valence-electron chi connectivity index (χ1n) is 7.46. The van der Waals surface area contributed by atoms with Gasteiger partial charge in [-0.15, -0.1) is 0 Å². The van der Waals surface area contributed by atoms with Crippen molar-refractivity contribution in [3.8, 4) is 5.75 Å². The Labute approximate surface area is 128 Å². The Kier molecular flexibility index (Phi) is 3.50. The van der Waals surface area contributed by atoms with E-state index in [9.17, 15) is 0 Å². The van der Waals surface area contributed by atoms with Gasteiger partial charge in [-0.3, -0.25) is 0 Å². The molecule has 108 valence electrons. The molecule has 1 unspecified atom stereocenters. The molecule has 0 radical (unpaired) electrons. The molecule has 0 saturated heterocycles. The molecule has 0 bridgehead atoms. The van der Waals surface area contributed by atoms with E-state index >= 15 is 0 Å². The molecule has 0 aromatic heterocycles. The van der Waals surface area contributed by atoms with Gasteiger partial charge in [0.15, 0.2) is 0 Å². The van der Waals surface area contributed by atoms with Crippen LogP contribution in [-0.4, -0.2) is 15.2 Å². The Bertz CT molecular complexity index is 700. The number of fused-ring (bicyclic) bond motifs is 1. The minimum Gasteiger partial charge on any atom is -0.497 e. The van der Waals surface area contributed by atoms with Gasteiger partial charge < -0.3 is 4.74 Å². The first kappa shape index (κ1) is 14.1. The van der Waals surface area contributed by atoms with Crippen LogP contribution in [0.25, 0.3) is 6.08 Å². The largest absolute Gasteiger partial charge is 0.497 e. The maximum atomic E-state index is 5.63. The molecule has 1 nitrogen and oxygen atoms in total. The Balaban J connectivity index is 2.13. The molecule has 1 aliphatic rings. The Morgan fingerprint density at radius 2 is 1.62 bits per heavy atom. The van der Waals surface area contributed by atoms with E-state index < -0.39 is 8.07 Å². The molecule has 0 amide bonds. The number of para-hydroxylation sites is 1. The molecule has 3 rings (SSSR count). The van der Waals surface area contributed by atoms with Gasteiger partial charge >= 0.3 is 0 Å². The van der Waals surface area contributed by atoms with E-state index in [2.05, 4.69) is 74.6 Å². The molecule has 1 atom stereocenters. The van der Waals surface area contributed by atoms with Gasteiger partial charge in [-0.1, -0.05) is 67.2 Å². The highest BCUT2D eigenvalue weighted by atomic mass is 28.3. The molecule has 0 saturated carbocycles. The zero-order valence-electron chi connectivity index (χ0n) is 13.2. The fourth-order valence-electron chi connectivity index (χ4n) is 3.77. The van der Waals surface area contributed by atoms with Crippen molar-refractivity contribution in [2.24, 2.45) is 0 Å². The van der Waals surface area contributed by atoms with Crippen molar-refractivity contribution in [1.82, 2.24) is 0 Å². The number of ether oxygens (including phenoxy) is 1. The predicted molar refractivity (Wildman–Crippen MR) is 92.9 cm³/mol. The van der Waals surface area contributed by atoms with Gasteiger partial charge in [-0.05, 0) is 29.3 Å². The molecule has 0 heterocycles. The monoisotopic (exact) mass is 294 g/mol. The lowest BCUT2D eigenvalue weighted by Gasteiger charge is -2.33. The molecule has 2 heteroatoms. The van der Waals surface area contributed by atoms with E-state index in [1.807, 2.05) is 0 Å². The van der Waals surface area contributed by atoms with E-state index in [0.29, 0.717) is 5.54 Å². The Hall–Kier alpha value is -1.80. The average molecular weight is 294 g/mol. The fourth-order valence-corrected chi connectivity index (χ4v) is 7.69. The van der Waals surface area contributed by atoms with E-state index in [0.717, 1.165) is 5.75 Å². The predicted octanol–water partition coefficient (Wildman–Crippen LogP) is 4.35. The number of allylic oxidation sites excluding steroid dienone is 1. The van der Waals surface area contributed by atoms with Gasteiger partial charge in [-0.2, -0.15) is 0 Å². The number of hydrogen-bond acceptors (Lipinski definition) is 1. The normalized spacial score (nSPS) is 17.3. The van der Waals surface area contributed by atoms with Crippen LogP contribution in [0.5, 0.6) is 5.75 Å². The van der Waals surface area contributed by atoms with Crippen LogP contribution in [0.1, 0.15) is 23.6 Å². The van der Waals surface area contributed by atoms with Crippen molar-refractivity contribution in [3.63, 3.8) is 0 Å². The van der Waals surface area contributed by atoms with E-state index in [-0.39, 0.29) is 0 Å². The molecule has 0 N–H and O–H groups in total. The molecule has 2 aromatic rings. The highest BCUT2D eigenvalue weighted by Gasteiger charge is 2.40. The van der Waals surface area contributed by atoms with Gasteiger partial charge in [0.2, 0.25) is 0 Å². The summed E-state index contributed by atoms with van der Waals surface area (Å²) in [5.41, 5.74) is 4.89. The minimum atomic E-state index is -1.72. The lowest BCUT2D eigenvalue weighted by Crippen LogP contribution is -2.48. The zero-order valence-corrected chi connectivity index (χ0v) is 14.2. The molecule has 21 heavy (non-hydrogen) atoms. The summed E-state index contributed by atoms with van der Waals surface area (Å²) in [7, 11) is 0.0529. The standard InChI is InChI=1S/C19H22OSi/c1-14-13-15-9-5-6-10-16(15)19(14)21(3,4)18-12-8-7-11-17(18)20-2/h5-13,19H,1-4H3. The smallest absolute Gasteiger partial charge is 0.118 e. The van der Waals surface area contributed by atoms with Crippen molar-refractivity contribution in [3.05, 3.63) is 65.2 Å².